The zero-order valence-electron chi connectivity index (χ0n) is 19.3. The Morgan fingerprint density at radius 3 is 2.58 bits per heavy atom. The Morgan fingerprint density at radius 1 is 1.24 bits per heavy atom. The van der Waals surface area contributed by atoms with E-state index in [0.29, 0.717) is 30.6 Å². The maximum Gasteiger partial charge on any atom is 0.410 e. The number of carboxylic acids is 1. The summed E-state index contributed by atoms with van der Waals surface area (Å²) in [6.45, 7) is 7.59. The fourth-order valence-electron chi connectivity index (χ4n) is 3.62. The topological polar surface area (TPSA) is 108 Å². The summed E-state index contributed by atoms with van der Waals surface area (Å²) in [7, 11) is 1.91. The maximum absolute atomic E-state index is 14.1. The summed E-state index contributed by atoms with van der Waals surface area (Å²) in [5.74, 6) is -0.334. The highest BCUT2D eigenvalue weighted by Gasteiger charge is 2.27. The standard InChI is InChI=1S/C23H30FN5O4/c1-23(2,3)33-22(32)29-9-7-15(8-10-29)13-28(4)20-12-19(25-14-26-20)27-18-11-16(21(30)31)5-6-17(18)24/h5-6,11-12,14-15H,7-10,13H2,1-4H3,(H,30,31)(H,25,26,27). The van der Waals surface area contributed by atoms with Gasteiger partial charge in [-0.05, 0) is 57.7 Å². The number of nitrogens with zero attached hydrogens (tertiary/aromatic N) is 4. The molecule has 0 bridgehead atoms. The second-order valence-electron chi connectivity index (χ2n) is 9.18. The van der Waals surface area contributed by atoms with Crippen molar-refractivity contribution in [2.24, 2.45) is 5.92 Å². The molecule has 0 saturated carbocycles. The van der Waals surface area contributed by atoms with E-state index in [-0.39, 0.29) is 17.3 Å². The van der Waals surface area contributed by atoms with Crippen LogP contribution in [0.2, 0.25) is 0 Å². The predicted molar refractivity (Wildman–Crippen MR) is 122 cm³/mol. The lowest BCUT2D eigenvalue weighted by molar-refractivity contribution is 0.0186. The van der Waals surface area contributed by atoms with Gasteiger partial charge in [0.25, 0.3) is 0 Å². The molecule has 178 valence electrons. The molecule has 0 radical (unpaired) electrons. The predicted octanol–water partition coefficient (Wildman–Crippen LogP) is 4.14. The molecule has 10 heteroatoms. The number of aromatic nitrogens is 2. The quantitative estimate of drug-likeness (QED) is 0.664. The van der Waals surface area contributed by atoms with Crippen LogP contribution in [0, 0.1) is 11.7 Å². The number of ether oxygens (including phenoxy) is 1. The second kappa shape index (κ2) is 10.0. The second-order valence-corrected chi connectivity index (χ2v) is 9.18. The Balaban J connectivity index is 1.58. The van der Waals surface area contributed by atoms with Gasteiger partial charge in [-0.25, -0.2) is 23.9 Å². The number of aromatic carboxylic acids is 1. The van der Waals surface area contributed by atoms with Crippen molar-refractivity contribution < 1.29 is 23.8 Å². The number of carbonyl (C=O) groups is 2. The fraction of sp³-hybridized carbons (Fsp3) is 0.478. The summed E-state index contributed by atoms with van der Waals surface area (Å²) >= 11 is 0. The van der Waals surface area contributed by atoms with Crippen LogP contribution in [0.4, 0.5) is 26.5 Å². The summed E-state index contributed by atoms with van der Waals surface area (Å²) in [6.07, 6.45) is 2.80. The molecule has 2 N–H and O–H groups in total. The van der Waals surface area contributed by atoms with E-state index in [1.165, 1.54) is 18.5 Å². The van der Waals surface area contributed by atoms with Crippen molar-refractivity contribution in [2.75, 3.05) is 36.9 Å². The van der Waals surface area contributed by atoms with E-state index in [1.54, 1.807) is 11.0 Å². The van der Waals surface area contributed by atoms with Gasteiger partial charge < -0.3 is 25.0 Å². The number of nitrogens with one attached hydrogen (secondary N) is 1. The highest BCUT2D eigenvalue weighted by molar-refractivity contribution is 5.89. The van der Waals surface area contributed by atoms with E-state index in [4.69, 9.17) is 9.84 Å². The van der Waals surface area contributed by atoms with Crippen LogP contribution in [0.15, 0.2) is 30.6 Å². The van der Waals surface area contributed by atoms with Crippen molar-refractivity contribution in [2.45, 2.75) is 39.2 Å². The molecule has 3 rings (SSSR count). The zero-order valence-corrected chi connectivity index (χ0v) is 19.3. The number of amides is 1. The van der Waals surface area contributed by atoms with Crippen LogP contribution >= 0.6 is 0 Å². The molecule has 0 aliphatic carbocycles. The smallest absolute Gasteiger partial charge is 0.410 e. The van der Waals surface area contributed by atoms with Crippen molar-refractivity contribution in [3.05, 3.63) is 42.0 Å². The van der Waals surface area contributed by atoms with Crippen molar-refractivity contribution >= 4 is 29.4 Å². The summed E-state index contributed by atoms with van der Waals surface area (Å²) in [5.41, 5.74) is -0.509. The van der Waals surface area contributed by atoms with Gasteiger partial charge >= 0.3 is 12.1 Å². The minimum Gasteiger partial charge on any atom is -0.478 e. The average molecular weight is 460 g/mol. The van der Waals surface area contributed by atoms with Crippen LogP contribution in [0.25, 0.3) is 0 Å². The van der Waals surface area contributed by atoms with Crippen molar-refractivity contribution in [3.63, 3.8) is 0 Å². The van der Waals surface area contributed by atoms with E-state index in [1.807, 2.05) is 32.7 Å². The lowest BCUT2D eigenvalue weighted by atomic mass is 9.96. The Bertz CT molecular complexity index is 1000. The number of anilines is 3. The SMILES string of the molecule is CN(CC1CCN(C(=O)OC(C)(C)C)CC1)c1cc(Nc2cc(C(=O)O)ccc2F)ncn1. The monoisotopic (exact) mass is 459 g/mol. The summed E-state index contributed by atoms with van der Waals surface area (Å²) < 4.78 is 19.6. The van der Waals surface area contributed by atoms with Gasteiger partial charge in [0.05, 0.1) is 11.3 Å². The normalized spacial score (nSPS) is 14.6. The van der Waals surface area contributed by atoms with E-state index in [2.05, 4.69) is 15.3 Å². The molecule has 0 spiro atoms. The Morgan fingerprint density at radius 2 is 1.94 bits per heavy atom. The third-order valence-corrected chi connectivity index (χ3v) is 5.32. The van der Waals surface area contributed by atoms with Gasteiger partial charge in [-0.3, -0.25) is 0 Å². The van der Waals surface area contributed by atoms with Crippen LogP contribution in [0.1, 0.15) is 44.0 Å². The summed E-state index contributed by atoms with van der Waals surface area (Å²) in [5, 5.41) is 12.0. The molecule has 1 fully saturated rings. The van der Waals surface area contributed by atoms with Gasteiger partial charge in [-0.1, -0.05) is 0 Å². The first-order chi connectivity index (χ1) is 15.5. The molecule has 33 heavy (non-hydrogen) atoms. The molecule has 1 aromatic carbocycles. The van der Waals surface area contributed by atoms with Gasteiger partial charge in [-0.15, -0.1) is 0 Å². The van der Waals surface area contributed by atoms with Crippen LogP contribution in [0.5, 0.6) is 0 Å². The molecular weight excluding hydrogens is 429 g/mol. The largest absolute Gasteiger partial charge is 0.478 e. The Labute approximate surface area is 192 Å². The summed E-state index contributed by atoms with van der Waals surface area (Å²) in [4.78, 5) is 35.6. The average Bonchev–Trinajstić information content (AvgIpc) is 2.74. The van der Waals surface area contributed by atoms with Gasteiger partial charge in [0.15, 0.2) is 0 Å². The van der Waals surface area contributed by atoms with Gasteiger partial charge in [0.2, 0.25) is 0 Å². The lowest BCUT2D eigenvalue weighted by Gasteiger charge is -2.35. The van der Waals surface area contributed by atoms with E-state index in [0.717, 1.165) is 25.5 Å². The van der Waals surface area contributed by atoms with Crippen molar-refractivity contribution in [1.82, 2.24) is 14.9 Å². The van der Waals surface area contributed by atoms with Crippen LogP contribution in [0.3, 0.4) is 0 Å². The highest BCUT2D eigenvalue weighted by atomic mass is 19.1. The first-order valence-electron chi connectivity index (χ1n) is 10.8. The van der Waals surface area contributed by atoms with Gasteiger partial charge in [0, 0.05) is 32.7 Å². The molecular formula is C23H30FN5O4. The molecule has 1 aliphatic rings. The van der Waals surface area contributed by atoms with E-state index >= 15 is 0 Å². The van der Waals surface area contributed by atoms with Crippen molar-refractivity contribution in [1.29, 1.82) is 0 Å². The number of halogens is 1. The number of carbonyl (C=O) groups excluding carboxylic acids is 1. The minimum absolute atomic E-state index is 0.0247. The Hall–Kier alpha value is -3.43. The third kappa shape index (κ3) is 6.77. The van der Waals surface area contributed by atoms with Crippen LogP contribution in [-0.4, -0.2) is 64.3 Å². The molecule has 1 saturated heterocycles. The maximum atomic E-state index is 14.1. The summed E-state index contributed by atoms with van der Waals surface area (Å²) in [6, 6.07) is 5.21. The molecule has 0 unspecified atom stereocenters. The van der Waals surface area contributed by atoms with E-state index < -0.39 is 17.4 Å². The number of rotatable bonds is 6. The molecule has 1 aliphatic heterocycles. The molecule has 0 atom stereocenters. The van der Waals surface area contributed by atoms with Crippen molar-refractivity contribution in [3.8, 4) is 0 Å². The number of hydrogen-bond acceptors (Lipinski definition) is 7. The molecule has 2 heterocycles. The minimum atomic E-state index is -1.14. The number of carboxylic acid groups (broad SMARTS) is 1. The molecule has 1 aromatic heterocycles. The van der Waals surface area contributed by atoms with E-state index in [9.17, 15) is 14.0 Å². The first-order valence-corrected chi connectivity index (χ1v) is 10.8. The zero-order chi connectivity index (χ0) is 24.2. The Kier molecular flexibility index (Phi) is 7.35. The number of benzene rings is 1. The van der Waals surface area contributed by atoms with Crippen LogP contribution in [-0.2, 0) is 4.74 Å². The fourth-order valence-corrected chi connectivity index (χ4v) is 3.62. The number of hydrogen-bond donors (Lipinski definition) is 2. The number of piperidine rings is 1. The molecule has 2 aromatic rings. The number of likely N-dealkylation sites (tertiary alicyclic amines) is 1. The van der Waals surface area contributed by atoms with Gasteiger partial charge in [0.1, 0.15) is 29.4 Å². The molecule has 1 amide bonds. The first kappa shape index (κ1) is 24.2. The third-order valence-electron chi connectivity index (χ3n) is 5.32. The lowest BCUT2D eigenvalue weighted by Crippen LogP contribution is -2.43. The van der Waals surface area contributed by atoms with Gasteiger partial charge in [-0.2, -0.15) is 0 Å². The van der Waals surface area contributed by atoms with Crippen LogP contribution < -0.4 is 10.2 Å². The highest BCUT2D eigenvalue weighted by Crippen LogP contribution is 2.25. The molecule has 9 nitrogen and oxygen atoms in total.